The van der Waals surface area contributed by atoms with Gasteiger partial charge in [-0.25, -0.2) is 0 Å². The van der Waals surface area contributed by atoms with Gasteiger partial charge in [-0.3, -0.25) is 9.59 Å². The molecule has 1 aliphatic heterocycles. The van der Waals surface area contributed by atoms with Crippen molar-refractivity contribution in [1.29, 1.82) is 0 Å². The summed E-state index contributed by atoms with van der Waals surface area (Å²) in [5, 5.41) is 4.75. The summed E-state index contributed by atoms with van der Waals surface area (Å²) in [4.78, 5) is 26.2. The molecule has 0 atom stereocenters. The Balaban J connectivity index is 1.60. The number of hydrogen-bond acceptors (Lipinski definition) is 5. The number of amides is 1. The van der Waals surface area contributed by atoms with Gasteiger partial charge in [0.2, 0.25) is 0 Å². The minimum atomic E-state index is -0.655. The van der Waals surface area contributed by atoms with E-state index in [0.717, 1.165) is 16.9 Å². The van der Waals surface area contributed by atoms with Crippen LogP contribution in [-0.2, 0) is 17.8 Å². The molecule has 2 aromatic heterocycles. The number of aromatic nitrogens is 1. The van der Waals surface area contributed by atoms with Crippen molar-refractivity contribution in [3.63, 3.8) is 0 Å². The van der Waals surface area contributed by atoms with E-state index in [2.05, 4.69) is 5.16 Å². The predicted octanol–water partition coefficient (Wildman–Crippen LogP) is 3.36. The van der Waals surface area contributed by atoms with Crippen LogP contribution in [0.2, 0.25) is 5.02 Å². The van der Waals surface area contributed by atoms with E-state index in [0.29, 0.717) is 23.7 Å². The van der Waals surface area contributed by atoms with Gasteiger partial charge in [0, 0.05) is 29.1 Å². The first kappa shape index (κ1) is 15.7. The summed E-state index contributed by atoms with van der Waals surface area (Å²) >= 11 is 5.92. The molecule has 126 valence electrons. The maximum atomic E-state index is 12.5. The van der Waals surface area contributed by atoms with Crippen LogP contribution in [0, 0.1) is 0 Å². The fourth-order valence-electron chi connectivity index (χ4n) is 2.87. The highest BCUT2D eigenvalue weighted by Crippen LogP contribution is 2.30. The molecule has 25 heavy (non-hydrogen) atoms. The Morgan fingerprint density at radius 1 is 1.16 bits per heavy atom. The molecule has 0 saturated heterocycles. The highest BCUT2D eigenvalue weighted by atomic mass is 35.5. The van der Waals surface area contributed by atoms with Crippen molar-refractivity contribution in [3.05, 3.63) is 64.8 Å². The molecule has 7 heteroatoms. The summed E-state index contributed by atoms with van der Waals surface area (Å²) in [6.07, 6.45) is 1.88. The van der Waals surface area contributed by atoms with Gasteiger partial charge in [0.1, 0.15) is 11.5 Å². The summed E-state index contributed by atoms with van der Waals surface area (Å²) in [6, 6.07) is 10.3. The van der Waals surface area contributed by atoms with E-state index in [1.54, 1.807) is 18.2 Å². The molecule has 0 radical (unpaired) electrons. The number of fused-ring (bicyclic) bond motifs is 1. The molecule has 0 spiro atoms. The van der Waals surface area contributed by atoms with Gasteiger partial charge in [0.05, 0.1) is 12.8 Å². The molecule has 1 aliphatic rings. The maximum Gasteiger partial charge on any atom is 0.298 e. The fraction of sp³-hybridized carbons (Fsp3) is 0.167. The average Bonchev–Trinajstić information content (AvgIpc) is 3.30. The number of nitrogens with zero attached hydrogens (tertiary/aromatic N) is 2. The van der Waals surface area contributed by atoms with Crippen molar-refractivity contribution in [1.82, 2.24) is 10.1 Å². The van der Waals surface area contributed by atoms with E-state index in [-0.39, 0.29) is 12.3 Å². The number of halogens is 1. The number of Topliss-reactive ketones (excluding diaryl/α,β-unsaturated/α-hetero) is 1. The number of ketones is 1. The molecular formula is C18H13ClN2O4. The second kappa shape index (κ2) is 6.22. The quantitative estimate of drug-likeness (QED) is 0.531. The Hall–Kier alpha value is -2.86. The lowest BCUT2D eigenvalue weighted by atomic mass is 10.0. The third-order valence-corrected chi connectivity index (χ3v) is 4.42. The lowest BCUT2D eigenvalue weighted by Crippen LogP contribution is -2.39. The van der Waals surface area contributed by atoms with Crippen LogP contribution in [0.25, 0.3) is 11.3 Å². The monoisotopic (exact) mass is 356 g/mol. The predicted molar refractivity (Wildman–Crippen MR) is 89.1 cm³/mol. The Morgan fingerprint density at radius 3 is 2.68 bits per heavy atom. The summed E-state index contributed by atoms with van der Waals surface area (Å²) in [6.45, 7) is 0.662. The molecule has 0 saturated carbocycles. The summed E-state index contributed by atoms with van der Waals surface area (Å²) < 4.78 is 10.4. The number of carbonyl (C=O) groups is 2. The molecule has 0 fully saturated rings. The van der Waals surface area contributed by atoms with Crippen LogP contribution >= 0.6 is 11.6 Å². The van der Waals surface area contributed by atoms with Crippen LogP contribution < -0.4 is 0 Å². The van der Waals surface area contributed by atoms with E-state index in [1.807, 2.05) is 12.1 Å². The minimum absolute atomic E-state index is 0.0408. The molecule has 6 nitrogen and oxygen atoms in total. The molecule has 4 rings (SSSR count). The second-order valence-corrected chi connectivity index (χ2v) is 6.16. The molecular weight excluding hydrogens is 344 g/mol. The van der Waals surface area contributed by atoms with Gasteiger partial charge in [-0.2, -0.15) is 0 Å². The maximum absolute atomic E-state index is 12.5. The van der Waals surface area contributed by atoms with E-state index in [1.165, 1.54) is 17.2 Å². The van der Waals surface area contributed by atoms with E-state index in [4.69, 9.17) is 20.5 Å². The largest absolute Gasteiger partial charge is 0.461 e. The van der Waals surface area contributed by atoms with E-state index >= 15 is 0 Å². The molecule has 3 heterocycles. The van der Waals surface area contributed by atoms with Crippen LogP contribution in [0.1, 0.15) is 21.9 Å². The van der Waals surface area contributed by atoms with Crippen molar-refractivity contribution < 1.29 is 18.5 Å². The van der Waals surface area contributed by atoms with Crippen molar-refractivity contribution in [2.24, 2.45) is 0 Å². The van der Waals surface area contributed by atoms with Crippen molar-refractivity contribution in [2.45, 2.75) is 13.0 Å². The summed E-state index contributed by atoms with van der Waals surface area (Å²) in [7, 11) is 0. The zero-order valence-corrected chi connectivity index (χ0v) is 13.8. The van der Waals surface area contributed by atoms with Gasteiger partial charge in [-0.15, -0.1) is 0 Å². The first-order valence-electron chi connectivity index (χ1n) is 7.74. The summed E-state index contributed by atoms with van der Waals surface area (Å²) in [5.41, 5.74) is 2.32. The normalized spacial score (nSPS) is 13.6. The first-order chi connectivity index (χ1) is 12.1. The lowest BCUT2D eigenvalue weighted by molar-refractivity contribution is -0.127. The van der Waals surface area contributed by atoms with Gasteiger partial charge in [0.25, 0.3) is 11.7 Å². The second-order valence-electron chi connectivity index (χ2n) is 5.72. The third-order valence-electron chi connectivity index (χ3n) is 4.17. The smallest absolute Gasteiger partial charge is 0.298 e. The van der Waals surface area contributed by atoms with Crippen LogP contribution in [0.4, 0.5) is 0 Å². The minimum Gasteiger partial charge on any atom is -0.461 e. The van der Waals surface area contributed by atoms with Gasteiger partial charge in [-0.1, -0.05) is 28.9 Å². The van der Waals surface area contributed by atoms with E-state index < -0.39 is 11.7 Å². The number of carbonyl (C=O) groups excluding carboxylic acids is 2. The Morgan fingerprint density at radius 2 is 1.96 bits per heavy atom. The number of rotatable bonds is 3. The SMILES string of the molecule is O=C(C(=O)N1CCc2onc(-c3ccc(Cl)cc3)c2C1)c1ccco1. The molecule has 0 aliphatic carbocycles. The van der Waals surface area contributed by atoms with Gasteiger partial charge < -0.3 is 13.8 Å². The standard InChI is InChI=1S/C18H13ClN2O4/c19-12-5-3-11(4-6-12)16-13-10-21(8-7-14(13)25-20-16)18(23)17(22)15-2-1-9-24-15/h1-6,9H,7-8,10H2. The van der Waals surface area contributed by atoms with Gasteiger partial charge in [0.15, 0.2) is 5.76 Å². The molecule has 1 amide bonds. The highest BCUT2D eigenvalue weighted by molar-refractivity contribution is 6.41. The fourth-order valence-corrected chi connectivity index (χ4v) is 3.00. The molecule has 0 bridgehead atoms. The van der Waals surface area contributed by atoms with Crippen LogP contribution in [-0.4, -0.2) is 28.3 Å². The average molecular weight is 357 g/mol. The Bertz CT molecular complexity index is 929. The van der Waals surface area contributed by atoms with Crippen molar-refractivity contribution >= 4 is 23.3 Å². The number of benzene rings is 1. The van der Waals surface area contributed by atoms with Gasteiger partial charge in [-0.05, 0) is 24.3 Å². The van der Waals surface area contributed by atoms with Crippen molar-refractivity contribution in [2.75, 3.05) is 6.54 Å². The third kappa shape index (κ3) is 2.85. The topological polar surface area (TPSA) is 76.6 Å². The highest BCUT2D eigenvalue weighted by Gasteiger charge is 2.31. The van der Waals surface area contributed by atoms with Gasteiger partial charge >= 0.3 is 0 Å². The van der Waals surface area contributed by atoms with Crippen LogP contribution in [0.5, 0.6) is 0 Å². The zero-order chi connectivity index (χ0) is 17.4. The summed E-state index contributed by atoms with van der Waals surface area (Å²) in [5.74, 6) is -0.472. The van der Waals surface area contributed by atoms with E-state index in [9.17, 15) is 9.59 Å². The Labute approximate surface area is 148 Å². The molecule has 0 unspecified atom stereocenters. The molecule has 3 aromatic rings. The number of hydrogen-bond donors (Lipinski definition) is 0. The lowest BCUT2D eigenvalue weighted by Gasteiger charge is -2.25. The van der Waals surface area contributed by atoms with Crippen molar-refractivity contribution in [3.8, 4) is 11.3 Å². The molecule has 1 aromatic carbocycles. The van der Waals surface area contributed by atoms with Crippen LogP contribution in [0.3, 0.4) is 0 Å². The zero-order valence-electron chi connectivity index (χ0n) is 13.1. The first-order valence-corrected chi connectivity index (χ1v) is 8.12. The number of furan rings is 1. The Kier molecular flexibility index (Phi) is 3.89. The molecule has 0 N–H and O–H groups in total. The van der Waals surface area contributed by atoms with Crippen LogP contribution in [0.15, 0.2) is 51.6 Å².